The minimum Gasteiger partial charge on any atom is -0.388 e. The second-order valence-electron chi connectivity index (χ2n) is 10.4. The minimum atomic E-state index is -4.49. The van der Waals surface area contributed by atoms with Gasteiger partial charge >= 0.3 is 6.18 Å². The van der Waals surface area contributed by atoms with E-state index >= 15 is 0 Å². The van der Waals surface area contributed by atoms with E-state index in [9.17, 15) is 23.1 Å². The number of halogens is 3. The zero-order valence-electron chi connectivity index (χ0n) is 20.3. The van der Waals surface area contributed by atoms with Gasteiger partial charge in [-0.1, -0.05) is 43.2 Å². The first-order chi connectivity index (χ1) is 17.2. The van der Waals surface area contributed by atoms with E-state index in [1.807, 2.05) is 0 Å². The number of aliphatic hydroxyl groups excluding tert-OH is 1. The number of fused-ring (bicyclic) bond motifs is 1. The standard InChI is InChI=1S/C30H28F3NO2/c1-2-3-4-10-22-25-23(17-29(15-7-16-29)18-24(25)35)34-27(19-8-5-6-9-19)26(22)28(36)20-11-13-21(14-12-20)30(31,32)33/h11-14,19,24,35H,5-9,15-18H2,1H3/t24-/m0/s1. The molecule has 0 saturated heterocycles. The normalized spacial score (nSPS) is 20.5. The van der Waals surface area contributed by atoms with Gasteiger partial charge in [0, 0.05) is 28.3 Å². The minimum absolute atomic E-state index is 0.0548. The summed E-state index contributed by atoms with van der Waals surface area (Å²) in [5, 5.41) is 11.3. The van der Waals surface area contributed by atoms with Crippen molar-refractivity contribution in [1.82, 2.24) is 4.98 Å². The van der Waals surface area contributed by atoms with Gasteiger partial charge in [-0.15, -0.1) is 0 Å². The molecule has 1 N–H and O–H groups in total. The lowest BCUT2D eigenvalue weighted by atomic mass is 9.59. The zero-order chi connectivity index (χ0) is 25.5. The molecule has 186 valence electrons. The number of benzene rings is 1. The quantitative estimate of drug-likeness (QED) is 0.393. The van der Waals surface area contributed by atoms with Crippen molar-refractivity contribution in [2.75, 3.05) is 0 Å². The first kappa shape index (κ1) is 24.6. The molecule has 36 heavy (non-hydrogen) atoms. The summed E-state index contributed by atoms with van der Waals surface area (Å²) in [7, 11) is 0. The summed E-state index contributed by atoms with van der Waals surface area (Å²) >= 11 is 0. The molecule has 2 saturated carbocycles. The van der Waals surface area contributed by atoms with E-state index in [4.69, 9.17) is 4.98 Å². The van der Waals surface area contributed by atoms with Crippen LogP contribution in [-0.2, 0) is 12.6 Å². The summed E-state index contributed by atoms with van der Waals surface area (Å²) < 4.78 is 39.4. The van der Waals surface area contributed by atoms with Crippen LogP contribution in [-0.4, -0.2) is 15.9 Å². The number of alkyl halides is 3. The largest absolute Gasteiger partial charge is 0.416 e. The van der Waals surface area contributed by atoms with Crippen LogP contribution in [0.3, 0.4) is 0 Å². The molecule has 5 rings (SSSR count). The van der Waals surface area contributed by atoms with Crippen molar-refractivity contribution < 1.29 is 23.1 Å². The van der Waals surface area contributed by atoms with Gasteiger partial charge in [0.1, 0.15) is 0 Å². The molecule has 1 heterocycles. The second-order valence-corrected chi connectivity index (χ2v) is 10.4. The molecule has 0 amide bonds. The average molecular weight is 492 g/mol. The number of hydrogen-bond donors (Lipinski definition) is 1. The molecule has 1 atom stereocenters. The molecule has 3 aliphatic carbocycles. The number of carbonyl (C=O) groups is 1. The molecule has 3 nitrogen and oxygen atoms in total. The van der Waals surface area contributed by atoms with Crippen molar-refractivity contribution >= 4 is 5.78 Å². The smallest absolute Gasteiger partial charge is 0.388 e. The molecule has 6 heteroatoms. The van der Waals surface area contributed by atoms with E-state index in [-0.39, 0.29) is 16.9 Å². The van der Waals surface area contributed by atoms with Crippen LogP contribution in [0.4, 0.5) is 13.2 Å². The van der Waals surface area contributed by atoms with E-state index < -0.39 is 23.6 Å². The number of nitrogens with zero attached hydrogens (tertiary/aromatic N) is 1. The molecule has 0 bridgehead atoms. The van der Waals surface area contributed by atoms with Gasteiger partial charge in [-0.05, 0) is 74.8 Å². The number of carbonyl (C=O) groups excluding carboxylic acids is 1. The van der Waals surface area contributed by atoms with Crippen LogP contribution < -0.4 is 0 Å². The fraction of sp³-hybridized carbons (Fsp3) is 0.467. The fourth-order valence-corrected chi connectivity index (χ4v) is 6.13. The Bertz CT molecular complexity index is 1310. The highest BCUT2D eigenvalue weighted by Crippen LogP contribution is 2.54. The maximum atomic E-state index is 13.9. The second kappa shape index (κ2) is 9.41. The first-order valence-electron chi connectivity index (χ1n) is 12.6. The Morgan fingerprint density at radius 3 is 2.36 bits per heavy atom. The maximum Gasteiger partial charge on any atom is 0.416 e. The first-order valence-corrected chi connectivity index (χ1v) is 12.6. The van der Waals surface area contributed by atoms with Crippen molar-refractivity contribution in [2.24, 2.45) is 5.41 Å². The SMILES string of the molecule is CC#CC#Cc1c(C(=O)c2ccc(C(F)(F)F)cc2)c(C2CCCC2)nc2c1[C@@H](O)CC1(CCC1)C2. The van der Waals surface area contributed by atoms with Crippen LogP contribution in [0.25, 0.3) is 0 Å². The van der Waals surface area contributed by atoms with Gasteiger partial charge in [0.15, 0.2) is 5.78 Å². The zero-order valence-corrected chi connectivity index (χ0v) is 20.3. The Morgan fingerprint density at radius 1 is 1.08 bits per heavy atom. The topological polar surface area (TPSA) is 50.2 Å². The summed E-state index contributed by atoms with van der Waals surface area (Å²) in [5.74, 6) is 11.0. The third kappa shape index (κ3) is 4.44. The summed E-state index contributed by atoms with van der Waals surface area (Å²) in [6, 6.07) is 4.28. The van der Waals surface area contributed by atoms with Crippen LogP contribution >= 0.6 is 0 Å². The van der Waals surface area contributed by atoms with E-state index in [0.29, 0.717) is 28.8 Å². The monoisotopic (exact) mass is 491 g/mol. The maximum absolute atomic E-state index is 13.9. The Labute approximate surface area is 209 Å². The molecule has 0 radical (unpaired) electrons. The van der Waals surface area contributed by atoms with E-state index in [1.165, 1.54) is 12.1 Å². The summed E-state index contributed by atoms with van der Waals surface area (Å²) in [5.41, 5.74) is 2.23. The Balaban J connectivity index is 1.71. The van der Waals surface area contributed by atoms with Crippen molar-refractivity contribution in [1.29, 1.82) is 0 Å². The number of aliphatic hydroxyl groups is 1. The van der Waals surface area contributed by atoms with Crippen LogP contribution in [0.5, 0.6) is 0 Å². The van der Waals surface area contributed by atoms with Gasteiger partial charge in [0.25, 0.3) is 0 Å². The Morgan fingerprint density at radius 2 is 1.78 bits per heavy atom. The summed E-state index contributed by atoms with van der Waals surface area (Å²) in [6.07, 6.45) is 3.19. The highest BCUT2D eigenvalue weighted by atomic mass is 19.4. The highest BCUT2D eigenvalue weighted by molar-refractivity contribution is 6.11. The Hall–Kier alpha value is -3.09. The lowest BCUT2D eigenvalue weighted by molar-refractivity contribution is -0.137. The number of aromatic nitrogens is 1. The van der Waals surface area contributed by atoms with Crippen LogP contribution in [0.15, 0.2) is 24.3 Å². The molecule has 0 aliphatic heterocycles. The van der Waals surface area contributed by atoms with Gasteiger partial charge in [-0.25, -0.2) is 0 Å². The van der Waals surface area contributed by atoms with Gasteiger partial charge < -0.3 is 5.11 Å². The highest BCUT2D eigenvalue weighted by Gasteiger charge is 2.45. The van der Waals surface area contributed by atoms with E-state index in [0.717, 1.165) is 69.2 Å². The van der Waals surface area contributed by atoms with Gasteiger partial charge in [0.05, 0.1) is 22.9 Å². The number of rotatable bonds is 3. The van der Waals surface area contributed by atoms with Crippen molar-refractivity contribution in [2.45, 2.75) is 82.9 Å². The molecule has 1 aromatic carbocycles. The van der Waals surface area contributed by atoms with Gasteiger partial charge in [-0.2, -0.15) is 13.2 Å². The lowest BCUT2D eigenvalue weighted by Crippen LogP contribution is -2.38. The van der Waals surface area contributed by atoms with Crippen LogP contribution in [0, 0.1) is 29.1 Å². The van der Waals surface area contributed by atoms with E-state index in [1.54, 1.807) is 6.92 Å². The Kier molecular flexibility index (Phi) is 6.43. The fourth-order valence-electron chi connectivity index (χ4n) is 6.13. The van der Waals surface area contributed by atoms with E-state index in [2.05, 4.69) is 23.7 Å². The van der Waals surface area contributed by atoms with Crippen LogP contribution in [0.1, 0.15) is 114 Å². The average Bonchev–Trinajstić information content (AvgIpc) is 3.36. The third-order valence-electron chi connectivity index (χ3n) is 8.08. The van der Waals surface area contributed by atoms with Gasteiger partial charge in [0.2, 0.25) is 0 Å². The third-order valence-corrected chi connectivity index (χ3v) is 8.08. The molecule has 3 aliphatic rings. The van der Waals surface area contributed by atoms with Crippen molar-refractivity contribution in [3.63, 3.8) is 0 Å². The molecule has 1 aromatic heterocycles. The lowest BCUT2D eigenvalue weighted by Gasteiger charge is -2.47. The molecular weight excluding hydrogens is 463 g/mol. The number of hydrogen-bond acceptors (Lipinski definition) is 3. The molecule has 2 aromatic rings. The van der Waals surface area contributed by atoms with Crippen LogP contribution in [0.2, 0.25) is 0 Å². The number of ketones is 1. The van der Waals surface area contributed by atoms with Gasteiger partial charge in [-0.3, -0.25) is 9.78 Å². The molecule has 0 unspecified atom stereocenters. The predicted octanol–water partition coefficient (Wildman–Crippen LogP) is 6.51. The summed E-state index contributed by atoms with van der Waals surface area (Å²) in [6.45, 7) is 1.67. The van der Waals surface area contributed by atoms with Crippen molar-refractivity contribution in [3.8, 4) is 23.7 Å². The predicted molar refractivity (Wildman–Crippen MR) is 130 cm³/mol. The van der Waals surface area contributed by atoms with Crippen molar-refractivity contribution in [3.05, 3.63) is 63.5 Å². The molecule has 1 spiro atoms. The number of pyridine rings is 1. The summed E-state index contributed by atoms with van der Waals surface area (Å²) in [4.78, 5) is 19.0. The molecule has 2 fully saturated rings. The molecular formula is C30H28F3NO2.